The third-order valence-electron chi connectivity index (χ3n) is 3.37. The van der Waals surface area contributed by atoms with Crippen LogP contribution in [-0.2, 0) is 4.79 Å². The van der Waals surface area contributed by atoms with E-state index in [1.54, 1.807) is 7.05 Å². The van der Waals surface area contributed by atoms with Gasteiger partial charge in [-0.1, -0.05) is 12.8 Å². The molecule has 6 heteroatoms. The van der Waals surface area contributed by atoms with Crippen molar-refractivity contribution in [1.29, 1.82) is 0 Å². The zero-order valence-electron chi connectivity index (χ0n) is 10.6. The van der Waals surface area contributed by atoms with E-state index in [4.69, 9.17) is 0 Å². The fourth-order valence-electron chi connectivity index (χ4n) is 2.43. The molecule has 1 rings (SSSR count). The lowest BCUT2D eigenvalue weighted by atomic mass is 9.97. The molecule has 1 unspecified atom stereocenters. The first kappa shape index (κ1) is 15.3. The predicted octanol–water partition coefficient (Wildman–Crippen LogP) is 2.22. The second-order valence-corrected chi connectivity index (χ2v) is 4.84. The largest absolute Gasteiger partial charge is 0.408 e. The van der Waals surface area contributed by atoms with E-state index in [0.717, 1.165) is 12.8 Å². The molecule has 1 saturated carbocycles. The van der Waals surface area contributed by atoms with E-state index in [1.807, 2.05) is 0 Å². The molecule has 0 saturated heterocycles. The van der Waals surface area contributed by atoms with Crippen LogP contribution in [-0.4, -0.2) is 31.7 Å². The lowest BCUT2D eigenvalue weighted by Crippen LogP contribution is -2.49. The van der Waals surface area contributed by atoms with Crippen LogP contribution in [0, 0.1) is 5.92 Å². The molecular formula is C12H21F3N2O. The Morgan fingerprint density at radius 3 is 2.44 bits per heavy atom. The number of amides is 1. The van der Waals surface area contributed by atoms with Gasteiger partial charge in [0.15, 0.2) is 0 Å². The minimum atomic E-state index is -4.34. The number of alkyl halides is 3. The fraction of sp³-hybridized carbons (Fsp3) is 0.917. The molecule has 0 heterocycles. The molecular weight excluding hydrogens is 245 g/mol. The van der Waals surface area contributed by atoms with Crippen molar-refractivity contribution in [2.45, 2.75) is 50.7 Å². The number of hydrogen-bond donors (Lipinski definition) is 2. The Balaban J connectivity index is 2.48. The zero-order chi connectivity index (χ0) is 13.6. The molecule has 1 aliphatic carbocycles. The van der Waals surface area contributed by atoms with Crippen LogP contribution in [0.25, 0.3) is 0 Å². The first-order valence-electron chi connectivity index (χ1n) is 6.46. The first-order valence-corrected chi connectivity index (χ1v) is 6.46. The van der Waals surface area contributed by atoms with E-state index in [9.17, 15) is 18.0 Å². The van der Waals surface area contributed by atoms with E-state index in [2.05, 4.69) is 10.6 Å². The lowest BCUT2D eigenvalue weighted by Gasteiger charge is -2.27. The summed E-state index contributed by atoms with van der Waals surface area (Å²) in [5.74, 6) is -0.947. The molecule has 2 N–H and O–H groups in total. The van der Waals surface area contributed by atoms with Crippen LogP contribution in [0.3, 0.4) is 0 Å². The SMILES string of the molecule is CNCCCC(=O)NC(C1CCCC1)C(F)(F)F. The number of halogens is 3. The minimum absolute atomic E-state index is 0.139. The molecule has 0 aliphatic heterocycles. The van der Waals surface area contributed by atoms with Gasteiger partial charge in [0.2, 0.25) is 5.91 Å². The highest BCUT2D eigenvalue weighted by molar-refractivity contribution is 5.76. The van der Waals surface area contributed by atoms with Crippen molar-refractivity contribution in [1.82, 2.24) is 10.6 Å². The molecule has 3 nitrogen and oxygen atoms in total. The van der Waals surface area contributed by atoms with Crippen LogP contribution >= 0.6 is 0 Å². The minimum Gasteiger partial charge on any atom is -0.344 e. The van der Waals surface area contributed by atoms with Gasteiger partial charge in [-0.25, -0.2) is 0 Å². The van der Waals surface area contributed by atoms with Crippen molar-refractivity contribution < 1.29 is 18.0 Å². The summed E-state index contributed by atoms with van der Waals surface area (Å²) in [5, 5.41) is 5.03. The average molecular weight is 266 g/mol. The quantitative estimate of drug-likeness (QED) is 0.724. The second kappa shape index (κ2) is 6.97. The summed E-state index contributed by atoms with van der Waals surface area (Å²) in [6.07, 6.45) is -0.882. The van der Waals surface area contributed by atoms with E-state index < -0.39 is 24.0 Å². The van der Waals surface area contributed by atoms with Crippen molar-refractivity contribution in [3.05, 3.63) is 0 Å². The average Bonchev–Trinajstić information content (AvgIpc) is 2.77. The van der Waals surface area contributed by atoms with E-state index in [0.29, 0.717) is 25.8 Å². The van der Waals surface area contributed by atoms with Gasteiger partial charge in [-0.05, 0) is 38.8 Å². The molecule has 0 aromatic carbocycles. The summed E-state index contributed by atoms with van der Waals surface area (Å²) in [7, 11) is 1.74. The van der Waals surface area contributed by atoms with Crippen LogP contribution in [0.1, 0.15) is 38.5 Å². The van der Waals surface area contributed by atoms with Crippen LogP contribution in [0.5, 0.6) is 0 Å². The van der Waals surface area contributed by atoms with Gasteiger partial charge in [0, 0.05) is 6.42 Å². The van der Waals surface area contributed by atoms with Crippen molar-refractivity contribution >= 4 is 5.91 Å². The molecule has 0 bridgehead atoms. The summed E-state index contributed by atoms with van der Waals surface area (Å²) < 4.78 is 38.7. The number of rotatable bonds is 6. The first-order chi connectivity index (χ1) is 8.45. The predicted molar refractivity (Wildman–Crippen MR) is 63.1 cm³/mol. The molecule has 106 valence electrons. The topological polar surface area (TPSA) is 41.1 Å². The van der Waals surface area contributed by atoms with Gasteiger partial charge in [0.1, 0.15) is 6.04 Å². The van der Waals surface area contributed by atoms with Crippen LogP contribution in [0.4, 0.5) is 13.2 Å². The Morgan fingerprint density at radius 2 is 1.94 bits per heavy atom. The van der Waals surface area contributed by atoms with Crippen LogP contribution < -0.4 is 10.6 Å². The van der Waals surface area contributed by atoms with E-state index >= 15 is 0 Å². The van der Waals surface area contributed by atoms with Crippen LogP contribution in [0.2, 0.25) is 0 Å². The summed E-state index contributed by atoms with van der Waals surface area (Å²) in [5.41, 5.74) is 0. The summed E-state index contributed by atoms with van der Waals surface area (Å²) in [4.78, 5) is 11.5. The highest BCUT2D eigenvalue weighted by atomic mass is 19.4. The number of hydrogen-bond acceptors (Lipinski definition) is 2. The summed E-state index contributed by atoms with van der Waals surface area (Å²) in [6, 6.07) is -1.66. The highest BCUT2D eigenvalue weighted by Crippen LogP contribution is 2.35. The maximum absolute atomic E-state index is 12.9. The molecule has 1 fully saturated rings. The van der Waals surface area contributed by atoms with Gasteiger partial charge in [0.05, 0.1) is 0 Å². The zero-order valence-corrected chi connectivity index (χ0v) is 10.6. The van der Waals surface area contributed by atoms with Gasteiger partial charge >= 0.3 is 6.18 Å². The standard InChI is InChI=1S/C12H21F3N2O/c1-16-8-4-7-10(18)17-11(12(13,14)15)9-5-2-3-6-9/h9,11,16H,2-8H2,1H3,(H,17,18). The normalized spacial score (nSPS) is 18.9. The maximum atomic E-state index is 12.9. The second-order valence-electron chi connectivity index (χ2n) is 4.84. The van der Waals surface area contributed by atoms with Crippen LogP contribution in [0.15, 0.2) is 0 Å². The Hall–Kier alpha value is -0.780. The Kier molecular flexibility index (Phi) is 5.91. The number of nitrogens with one attached hydrogen (secondary N) is 2. The third kappa shape index (κ3) is 4.84. The third-order valence-corrected chi connectivity index (χ3v) is 3.37. The highest BCUT2D eigenvalue weighted by Gasteiger charge is 2.46. The van der Waals surface area contributed by atoms with Crippen molar-refractivity contribution in [2.75, 3.05) is 13.6 Å². The molecule has 18 heavy (non-hydrogen) atoms. The number of carbonyl (C=O) groups excluding carboxylic acids is 1. The molecule has 1 aliphatic rings. The fourth-order valence-corrected chi connectivity index (χ4v) is 2.43. The molecule has 1 atom stereocenters. The smallest absolute Gasteiger partial charge is 0.344 e. The van der Waals surface area contributed by atoms with E-state index in [1.165, 1.54) is 0 Å². The number of carbonyl (C=O) groups is 1. The molecule has 0 radical (unpaired) electrons. The molecule has 0 spiro atoms. The van der Waals surface area contributed by atoms with Gasteiger partial charge in [-0.2, -0.15) is 13.2 Å². The van der Waals surface area contributed by atoms with Crippen molar-refractivity contribution in [3.8, 4) is 0 Å². The Bertz CT molecular complexity index is 263. The van der Waals surface area contributed by atoms with Gasteiger partial charge < -0.3 is 10.6 Å². The van der Waals surface area contributed by atoms with Gasteiger partial charge in [0.25, 0.3) is 0 Å². The Labute approximate surface area is 106 Å². The molecule has 0 aromatic rings. The van der Waals surface area contributed by atoms with Gasteiger partial charge in [-0.3, -0.25) is 4.79 Å². The summed E-state index contributed by atoms with van der Waals surface area (Å²) >= 11 is 0. The van der Waals surface area contributed by atoms with Crippen molar-refractivity contribution in [2.24, 2.45) is 5.92 Å². The van der Waals surface area contributed by atoms with Gasteiger partial charge in [-0.15, -0.1) is 0 Å². The summed E-state index contributed by atoms with van der Waals surface area (Å²) in [6.45, 7) is 0.632. The maximum Gasteiger partial charge on any atom is 0.408 e. The van der Waals surface area contributed by atoms with Crippen molar-refractivity contribution in [3.63, 3.8) is 0 Å². The molecule has 1 amide bonds. The monoisotopic (exact) mass is 266 g/mol. The Morgan fingerprint density at radius 1 is 1.33 bits per heavy atom. The van der Waals surface area contributed by atoms with E-state index in [-0.39, 0.29) is 6.42 Å². The lowest BCUT2D eigenvalue weighted by molar-refractivity contribution is -0.171. The molecule has 0 aromatic heterocycles.